The van der Waals surface area contributed by atoms with Gasteiger partial charge in [0.05, 0.1) is 0 Å². The van der Waals surface area contributed by atoms with Gasteiger partial charge in [0.15, 0.2) is 0 Å². The Morgan fingerprint density at radius 2 is 1.54 bits per heavy atom. The molecule has 0 aromatic rings. The first-order valence-corrected chi connectivity index (χ1v) is 5.58. The molecule has 0 N–H and O–H groups in total. The van der Waals surface area contributed by atoms with E-state index in [2.05, 4.69) is 37.6 Å². The second-order valence-corrected chi connectivity index (χ2v) is 3.38. The highest BCUT2D eigenvalue weighted by atomic mass is 15.1. The minimum Gasteiger partial charge on any atom is -0.333 e. The zero-order valence-electron chi connectivity index (χ0n) is 9.40. The lowest BCUT2D eigenvalue weighted by Crippen LogP contribution is -2.19. The second kappa shape index (κ2) is 9.45. The van der Waals surface area contributed by atoms with Gasteiger partial charge in [-0.25, -0.2) is 0 Å². The van der Waals surface area contributed by atoms with Crippen molar-refractivity contribution in [2.45, 2.75) is 52.9 Å². The molecule has 1 heteroatoms. The van der Waals surface area contributed by atoms with E-state index < -0.39 is 0 Å². The summed E-state index contributed by atoms with van der Waals surface area (Å²) in [5, 5.41) is 0. The zero-order valence-corrected chi connectivity index (χ0v) is 9.40. The van der Waals surface area contributed by atoms with Crippen LogP contribution < -0.4 is 0 Å². The summed E-state index contributed by atoms with van der Waals surface area (Å²) in [4.78, 5) is 2.25. The Morgan fingerprint density at radius 1 is 0.923 bits per heavy atom. The van der Waals surface area contributed by atoms with Gasteiger partial charge < -0.3 is 4.90 Å². The standard InChI is InChI=1S/C12H23N/c1-4-7-8-9-12-13(10-5-2)11-6-3/h4-8,10-11H2,1-3H3. The van der Waals surface area contributed by atoms with Crippen molar-refractivity contribution in [3.05, 3.63) is 0 Å². The third-order valence-electron chi connectivity index (χ3n) is 1.88. The van der Waals surface area contributed by atoms with Crippen LogP contribution in [0, 0.1) is 12.0 Å². The van der Waals surface area contributed by atoms with E-state index in [1.807, 2.05) is 0 Å². The van der Waals surface area contributed by atoms with Crippen molar-refractivity contribution >= 4 is 0 Å². The van der Waals surface area contributed by atoms with Crippen LogP contribution >= 0.6 is 0 Å². The molecule has 0 amide bonds. The van der Waals surface area contributed by atoms with Crippen LogP contribution in [0.2, 0.25) is 0 Å². The number of hydrogen-bond acceptors (Lipinski definition) is 1. The van der Waals surface area contributed by atoms with Crippen LogP contribution in [0.25, 0.3) is 0 Å². The molecule has 0 aromatic carbocycles. The first-order valence-electron chi connectivity index (χ1n) is 5.58. The van der Waals surface area contributed by atoms with Gasteiger partial charge in [-0.15, -0.1) is 0 Å². The summed E-state index contributed by atoms with van der Waals surface area (Å²) in [6.45, 7) is 8.85. The average Bonchev–Trinajstić information content (AvgIpc) is 2.13. The maximum atomic E-state index is 3.24. The molecule has 0 aromatic heterocycles. The molecular weight excluding hydrogens is 158 g/mol. The second-order valence-electron chi connectivity index (χ2n) is 3.38. The number of hydrogen-bond donors (Lipinski definition) is 0. The van der Waals surface area contributed by atoms with E-state index in [9.17, 15) is 0 Å². The zero-order chi connectivity index (χ0) is 9.94. The van der Waals surface area contributed by atoms with E-state index in [1.54, 1.807) is 0 Å². The van der Waals surface area contributed by atoms with Crippen LogP contribution in [0.15, 0.2) is 0 Å². The van der Waals surface area contributed by atoms with Gasteiger partial charge in [-0.1, -0.05) is 33.1 Å². The van der Waals surface area contributed by atoms with Crippen LogP contribution in [0.5, 0.6) is 0 Å². The molecule has 0 unspecified atom stereocenters. The molecule has 0 spiro atoms. The van der Waals surface area contributed by atoms with E-state index >= 15 is 0 Å². The fraction of sp³-hybridized carbons (Fsp3) is 0.833. The summed E-state index contributed by atoms with van der Waals surface area (Å²) in [5.41, 5.74) is 0. The lowest BCUT2D eigenvalue weighted by atomic mass is 10.2. The van der Waals surface area contributed by atoms with Gasteiger partial charge in [0.2, 0.25) is 0 Å². The molecule has 0 atom stereocenters. The first-order chi connectivity index (χ1) is 6.35. The van der Waals surface area contributed by atoms with Crippen LogP contribution in [-0.2, 0) is 0 Å². The summed E-state index contributed by atoms with van der Waals surface area (Å²) >= 11 is 0. The minimum absolute atomic E-state index is 1.06. The molecular formula is C12H23N. The Hall–Kier alpha value is -0.640. The Labute approximate surface area is 83.5 Å². The molecule has 76 valence electrons. The fourth-order valence-electron chi connectivity index (χ4n) is 1.20. The first kappa shape index (κ1) is 12.4. The van der Waals surface area contributed by atoms with E-state index in [0.717, 1.165) is 19.5 Å². The Balaban J connectivity index is 3.68. The topological polar surface area (TPSA) is 3.24 Å². The summed E-state index contributed by atoms with van der Waals surface area (Å²) < 4.78 is 0. The Morgan fingerprint density at radius 3 is 2.00 bits per heavy atom. The normalized spacial score (nSPS) is 9.15. The number of nitrogens with zero attached hydrogens (tertiary/aromatic N) is 1. The van der Waals surface area contributed by atoms with E-state index in [4.69, 9.17) is 0 Å². The minimum atomic E-state index is 1.06. The Kier molecular flexibility index (Phi) is 8.98. The van der Waals surface area contributed by atoms with Crippen molar-refractivity contribution in [2.75, 3.05) is 13.1 Å². The predicted octanol–water partition coefficient (Wildman–Crippen LogP) is 3.26. The molecule has 0 radical (unpaired) electrons. The molecule has 0 aliphatic heterocycles. The monoisotopic (exact) mass is 181 g/mol. The summed E-state index contributed by atoms with van der Waals surface area (Å²) in [6, 6.07) is 3.24. The number of unbranched alkanes of at least 4 members (excludes halogenated alkanes) is 2. The molecule has 0 heterocycles. The van der Waals surface area contributed by atoms with Gasteiger partial charge in [0, 0.05) is 25.6 Å². The van der Waals surface area contributed by atoms with E-state index in [0.29, 0.717) is 0 Å². The van der Waals surface area contributed by atoms with Crippen molar-refractivity contribution in [2.24, 2.45) is 0 Å². The Bertz CT molecular complexity index is 146. The predicted molar refractivity (Wildman–Crippen MR) is 59.5 cm³/mol. The van der Waals surface area contributed by atoms with Gasteiger partial charge in [0.1, 0.15) is 0 Å². The lowest BCUT2D eigenvalue weighted by Gasteiger charge is -2.14. The molecule has 0 bridgehead atoms. The van der Waals surface area contributed by atoms with Crippen LogP contribution in [0.1, 0.15) is 52.9 Å². The highest BCUT2D eigenvalue weighted by Gasteiger charge is 1.93. The van der Waals surface area contributed by atoms with Gasteiger partial charge >= 0.3 is 0 Å². The van der Waals surface area contributed by atoms with Crippen molar-refractivity contribution in [1.82, 2.24) is 4.90 Å². The third-order valence-corrected chi connectivity index (χ3v) is 1.88. The highest BCUT2D eigenvalue weighted by molar-refractivity contribution is 4.98. The molecule has 13 heavy (non-hydrogen) atoms. The van der Waals surface area contributed by atoms with E-state index in [1.165, 1.54) is 25.7 Å². The van der Waals surface area contributed by atoms with Gasteiger partial charge in [0.25, 0.3) is 0 Å². The van der Waals surface area contributed by atoms with Crippen LogP contribution in [0.4, 0.5) is 0 Å². The molecule has 0 saturated heterocycles. The quantitative estimate of drug-likeness (QED) is 0.345. The van der Waals surface area contributed by atoms with Crippen LogP contribution in [0.3, 0.4) is 0 Å². The largest absolute Gasteiger partial charge is 0.333 e. The maximum Gasteiger partial charge on any atom is 0.0257 e. The molecule has 0 fully saturated rings. The van der Waals surface area contributed by atoms with E-state index in [-0.39, 0.29) is 0 Å². The van der Waals surface area contributed by atoms with Crippen LogP contribution in [-0.4, -0.2) is 18.0 Å². The van der Waals surface area contributed by atoms with Gasteiger partial charge in [-0.2, -0.15) is 0 Å². The highest BCUT2D eigenvalue weighted by Crippen LogP contribution is 1.94. The molecule has 0 aliphatic carbocycles. The SMILES string of the molecule is CCCCC#CN(CCC)CCC. The fourth-order valence-corrected chi connectivity index (χ4v) is 1.20. The molecule has 0 saturated carbocycles. The van der Waals surface area contributed by atoms with Crippen molar-refractivity contribution in [1.29, 1.82) is 0 Å². The molecule has 0 aliphatic rings. The molecule has 1 nitrogen and oxygen atoms in total. The summed E-state index contributed by atoms with van der Waals surface area (Å²) in [6.07, 6.45) is 5.93. The summed E-state index contributed by atoms with van der Waals surface area (Å²) in [7, 11) is 0. The van der Waals surface area contributed by atoms with Crippen molar-refractivity contribution in [3.63, 3.8) is 0 Å². The third kappa shape index (κ3) is 7.71. The lowest BCUT2D eigenvalue weighted by molar-refractivity contribution is 0.397. The molecule has 0 rings (SSSR count). The van der Waals surface area contributed by atoms with Gasteiger partial charge in [-0.3, -0.25) is 0 Å². The van der Waals surface area contributed by atoms with Crippen molar-refractivity contribution in [3.8, 4) is 12.0 Å². The van der Waals surface area contributed by atoms with Gasteiger partial charge in [-0.05, 0) is 19.3 Å². The average molecular weight is 181 g/mol. The number of rotatable bonds is 6. The smallest absolute Gasteiger partial charge is 0.0257 e. The summed E-state index contributed by atoms with van der Waals surface area (Å²) in [5.74, 6) is 3.23. The maximum absolute atomic E-state index is 3.24. The van der Waals surface area contributed by atoms with Crippen molar-refractivity contribution < 1.29 is 0 Å².